The van der Waals surface area contributed by atoms with Crippen LogP contribution in [0.2, 0.25) is 0 Å². The quantitative estimate of drug-likeness (QED) is 0.546. The lowest BCUT2D eigenvalue weighted by atomic mass is 10.0. The lowest BCUT2D eigenvalue weighted by Crippen LogP contribution is -1.83. The summed E-state index contributed by atoms with van der Waals surface area (Å²) in [5.74, 6) is 0. The van der Waals surface area contributed by atoms with Crippen molar-refractivity contribution in [2.45, 2.75) is 38.5 Å². The van der Waals surface area contributed by atoms with Crippen LogP contribution < -0.4 is 0 Å². The highest BCUT2D eigenvalue weighted by atomic mass is 14.0. The van der Waals surface area contributed by atoms with Gasteiger partial charge in [0.25, 0.3) is 0 Å². The van der Waals surface area contributed by atoms with Crippen molar-refractivity contribution < 1.29 is 0 Å². The highest BCUT2D eigenvalue weighted by Crippen LogP contribution is 2.13. The van der Waals surface area contributed by atoms with Crippen molar-refractivity contribution in [3.63, 3.8) is 0 Å². The second-order valence-corrected chi connectivity index (χ2v) is 3.33. The van der Waals surface area contributed by atoms with Gasteiger partial charge >= 0.3 is 0 Å². The first-order valence-corrected chi connectivity index (χ1v) is 4.91. The van der Waals surface area contributed by atoms with E-state index in [1.54, 1.807) is 0 Å². The molecule has 0 unspecified atom stereocenters. The zero-order chi connectivity index (χ0) is 8.65. The molecule has 0 spiro atoms. The highest BCUT2D eigenvalue weighted by molar-refractivity contribution is 5.21. The number of hydrogen-bond acceptors (Lipinski definition) is 0. The summed E-state index contributed by atoms with van der Waals surface area (Å²) < 4.78 is 0. The molecule has 0 radical (unpaired) electrons. The van der Waals surface area contributed by atoms with E-state index in [2.05, 4.69) is 24.8 Å². The van der Waals surface area contributed by atoms with Gasteiger partial charge in [-0.3, -0.25) is 0 Å². The summed E-state index contributed by atoms with van der Waals surface area (Å²) in [6.45, 7) is 3.81. The topological polar surface area (TPSA) is 0 Å². The van der Waals surface area contributed by atoms with Crippen LogP contribution >= 0.6 is 0 Å². The van der Waals surface area contributed by atoms with Gasteiger partial charge in [-0.15, -0.1) is 0 Å². The molecule has 12 heavy (non-hydrogen) atoms. The third-order valence-electron chi connectivity index (χ3n) is 2.29. The molecule has 0 aromatic heterocycles. The first kappa shape index (κ1) is 9.31. The van der Waals surface area contributed by atoms with Crippen molar-refractivity contribution >= 4 is 0 Å². The molecule has 0 nitrogen and oxygen atoms in total. The third-order valence-corrected chi connectivity index (χ3v) is 2.29. The largest absolute Gasteiger partial charge is 0.0988 e. The van der Waals surface area contributed by atoms with Gasteiger partial charge in [-0.05, 0) is 31.3 Å². The fourth-order valence-electron chi connectivity index (χ4n) is 1.49. The van der Waals surface area contributed by atoms with E-state index in [-0.39, 0.29) is 0 Å². The zero-order valence-electron chi connectivity index (χ0n) is 7.76. The predicted octanol–water partition coefficient (Wildman–Crippen LogP) is 4.01. The molecule has 0 aliphatic heterocycles. The van der Waals surface area contributed by atoms with Crippen LogP contribution in [0.1, 0.15) is 38.5 Å². The summed E-state index contributed by atoms with van der Waals surface area (Å²) in [6, 6.07) is 0. The maximum atomic E-state index is 3.81. The number of rotatable bonds is 1. The Balaban J connectivity index is 2.50. The summed E-state index contributed by atoms with van der Waals surface area (Å²) in [5.41, 5.74) is 1.38. The molecule has 1 rings (SSSR count). The number of hydrogen-bond donors (Lipinski definition) is 0. The molecule has 0 aromatic rings. The maximum absolute atomic E-state index is 3.81. The molecule has 1 aliphatic carbocycles. The standard InChI is InChI=1S/C12H18/c1-2-12-10-8-6-4-3-5-7-9-11-12/h2,6,8,10H,1,3-5,7,9,11H2/b8-6-,12-10-. The average molecular weight is 162 g/mol. The summed E-state index contributed by atoms with van der Waals surface area (Å²) in [6.07, 6.45) is 16.5. The van der Waals surface area contributed by atoms with Crippen LogP contribution in [0, 0.1) is 0 Å². The fourth-order valence-corrected chi connectivity index (χ4v) is 1.49. The molecule has 0 atom stereocenters. The van der Waals surface area contributed by atoms with Crippen molar-refractivity contribution in [2.75, 3.05) is 0 Å². The van der Waals surface area contributed by atoms with E-state index in [0.29, 0.717) is 0 Å². The van der Waals surface area contributed by atoms with Crippen molar-refractivity contribution in [1.29, 1.82) is 0 Å². The monoisotopic (exact) mass is 162 g/mol. The molecular weight excluding hydrogens is 144 g/mol. The van der Waals surface area contributed by atoms with Crippen LogP contribution in [-0.4, -0.2) is 0 Å². The first-order chi connectivity index (χ1) is 5.93. The minimum atomic E-state index is 1.20. The number of allylic oxidation sites excluding steroid dienone is 5. The van der Waals surface area contributed by atoms with Gasteiger partial charge in [0.2, 0.25) is 0 Å². The Morgan fingerprint density at radius 1 is 1.17 bits per heavy atom. The summed E-state index contributed by atoms with van der Waals surface area (Å²) >= 11 is 0. The van der Waals surface area contributed by atoms with Gasteiger partial charge in [-0.1, -0.05) is 43.7 Å². The molecule has 0 aromatic carbocycles. The molecule has 0 saturated heterocycles. The molecule has 1 aliphatic rings. The minimum Gasteiger partial charge on any atom is -0.0988 e. The second kappa shape index (κ2) is 5.82. The van der Waals surface area contributed by atoms with Gasteiger partial charge < -0.3 is 0 Å². The Hall–Kier alpha value is -0.780. The van der Waals surface area contributed by atoms with Gasteiger partial charge in [0.05, 0.1) is 0 Å². The highest BCUT2D eigenvalue weighted by Gasteiger charge is 1.94. The first-order valence-electron chi connectivity index (χ1n) is 4.91. The Kier molecular flexibility index (Phi) is 4.51. The molecule has 66 valence electrons. The van der Waals surface area contributed by atoms with E-state index in [0.717, 1.165) is 0 Å². The van der Waals surface area contributed by atoms with E-state index in [1.807, 2.05) is 6.08 Å². The third kappa shape index (κ3) is 3.56. The van der Waals surface area contributed by atoms with Gasteiger partial charge in [-0.25, -0.2) is 0 Å². The molecular formula is C12H18. The Morgan fingerprint density at radius 3 is 2.83 bits per heavy atom. The van der Waals surface area contributed by atoms with E-state index >= 15 is 0 Å². The van der Waals surface area contributed by atoms with Gasteiger partial charge in [0.1, 0.15) is 0 Å². The summed E-state index contributed by atoms with van der Waals surface area (Å²) in [7, 11) is 0. The summed E-state index contributed by atoms with van der Waals surface area (Å²) in [5, 5.41) is 0. The lowest BCUT2D eigenvalue weighted by molar-refractivity contribution is 0.645. The van der Waals surface area contributed by atoms with E-state index in [9.17, 15) is 0 Å². The summed E-state index contributed by atoms with van der Waals surface area (Å²) in [4.78, 5) is 0. The van der Waals surface area contributed by atoms with E-state index in [4.69, 9.17) is 0 Å². The van der Waals surface area contributed by atoms with Crippen molar-refractivity contribution in [2.24, 2.45) is 0 Å². The second-order valence-electron chi connectivity index (χ2n) is 3.33. The fraction of sp³-hybridized carbons (Fsp3) is 0.500. The predicted molar refractivity (Wildman–Crippen MR) is 55.1 cm³/mol. The van der Waals surface area contributed by atoms with Crippen LogP contribution in [0.3, 0.4) is 0 Å². The Morgan fingerprint density at radius 2 is 2.00 bits per heavy atom. The lowest BCUT2D eigenvalue weighted by Gasteiger charge is -2.03. The van der Waals surface area contributed by atoms with Crippen LogP contribution in [0.5, 0.6) is 0 Å². The molecule has 0 amide bonds. The Labute approximate surface area is 75.7 Å². The van der Waals surface area contributed by atoms with Crippen LogP contribution in [0.25, 0.3) is 0 Å². The van der Waals surface area contributed by atoms with Gasteiger partial charge in [-0.2, -0.15) is 0 Å². The van der Waals surface area contributed by atoms with Gasteiger partial charge in [0, 0.05) is 0 Å². The van der Waals surface area contributed by atoms with Crippen molar-refractivity contribution in [1.82, 2.24) is 0 Å². The molecule has 0 heterocycles. The van der Waals surface area contributed by atoms with Crippen LogP contribution in [0.4, 0.5) is 0 Å². The SMILES string of the molecule is C=C/C1=C/C=C\CCCCCC1. The van der Waals surface area contributed by atoms with E-state index < -0.39 is 0 Å². The Bertz CT molecular complexity index is 184. The molecule has 0 N–H and O–H groups in total. The molecule has 0 heteroatoms. The van der Waals surface area contributed by atoms with Crippen LogP contribution in [-0.2, 0) is 0 Å². The zero-order valence-corrected chi connectivity index (χ0v) is 7.76. The minimum absolute atomic E-state index is 1.20. The molecule has 0 saturated carbocycles. The van der Waals surface area contributed by atoms with Gasteiger partial charge in [0.15, 0.2) is 0 Å². The van der Waals surface area contributed by atoms with E-state index in [1.165, 1.54) is 44.1 Å². The molecule has 0 fully saturated rings. The maximum Gasteiger partial charge on any atom is -0.0279 e. The smallest absolute Gasteiger partial charge is 0.0279 e. The average Bonchev–Trinajstić information content (AvgIpc) is 2.14. The van der Waals surface area contributed by atoms with Crippen LogP contribution in [0.15, 0.2) is 36.5 Å². The molecule has 0 bridgehead atoms. The van der Waals surface area contributed by atoms with Crippen molar-refractivity contribution in [3.8, 4) is 0 Å². The van der Waals surface area contributed by atoms with Crippen molar-refractivity contribution in [3.05, 3.63) is 36.5 Å². The normalized spacial score (nSPS) is 26.8.